The van der Waals surface area contributed by atoms with E-state index >= 15 is 0 Å². The van der Waals surface area contributed by atoms with Gasteiger partial charge >= 0.3 is 28.7 Å². The number of rotatable bonds is 8. The lowest BCUT2D eigenvalue weighted by Gasteiger charge is -2.24. The zero-order valence-electron chi connectivity index (χ0n) is 30.8. The van der Waals surface area contributed by atoms with Gasteiger partial charge in [0.05, 0.1) is 26.9 Å². The normalized spacial score (nSPS) is 11.6. The van der Waals surface area contributed by atoms with Gasteiger partial charge in [-0.3, -0.25) is 0 Å². The van der Waals surface area contributed by atoms with Crippen LogP contribution in [0.5, 0.6) is 17.5 Å². The molecule has 53 heavy (non-hydrogen) atoms. The Bertz CT molecular complexity index is 1920. The predicted molar refractivity (Wildman–Crippen MR) is 197 cm³/mol. The minimum atomic E-state index is -5.79. The van der Waals surface area contributed by atoms with Gasteiger partial charge in [0.25, 0.3) is 0 Å². The van der Waals surface area contributed by atoms with Gasteiger partial charge in [-0.15, -0.1) is 11.6 Å². The highest BCUT2D eigenvalue weighted by Crippen LogP contribution is 2.36. The number of alkyl halides is 4. The quantitative estimate of drug-likeness (QED) is 0.0657. The van der Waals surface area contributed by atoms with Crippen molar-refractivity contribution in [2.24, 2.45) is 0 Å². The number of esters is 1. The smallest absolute Gasteiger partial charge is 0.481 e. The number of hydrogen-bond acceptors (Lipinski definition) is 11. The second-order valence-electron chi connectivity index (χ2n) is 13.3. The van der Waals surface area contributed by atoms with E-state index < -0.39 is 39.9 Å². The number of aromatic nitrogens is 2. The average molecular weight is 783 g/mol. The monoisotopic (exact) mass is 782 g/mol. The largest absolute Gasteiger partial charge is 0.534 e. The van der Waals surface area contributed by atoms with Gasteiger partial charge in [-0.1, -0.05) is 65.8 Å². The van der Waals surface area contributed by atoms with E-state index in [9.17, 15) is 26.4 Å². The van der Waals surface area contributed by atoms with Gasteiger partial charge in [-0.05, 0) is 57.9 Å². The van der Waals surface area contributed by atoms with Crippen molar-refractivity contribution in [2.45, 2.75) is 63.8 Å². The first-order valence-electron chi connectivity index (χ1n) is 15.8. The number of nitrogens with zero attached hydrogens (tertiary/aromatic N) is 2. The number of ether oxygens (including phenoxy) is 3. The van der Waals surface area contributed by atoms with Gasteiger partial charge in [0.2, 0.25) is 11.8 Å². The second-order valence-corrected chi connectivity index (χ2v) is 15.1. The Morgan fingerprint density at radius 1 is 0.792 bits per heavy atom. The van der Waals surface area contributed by atoms with E-state index in [4.69, 9.17) is 31.1 Å². The van der Waals surface area contributed by atoms with Crippen molar-refractivity contribution in [3.63, 3.8) is 0 Å². The van der Waals surface area contributed by atoms with Crippen molar-refractivity contribution in [3.05, 3.63) is 95.3 Å². The van der Waals surface area contributed by atoms with Crippen LogP contribution in [-0.4, -0.2) is 68.4 Å². The molecular weight excluding hydrogens is 740 g/mol. The Morgan fingerprint density at radius 3 is 1.77 bits per heavy atom. The summed E-state index contributed by atoms with van der Waals surface area (Å²) in [6, 6.07) is 16.8. The topological polar surface area (TPSA) is 154 Å². The molecule has 2 heterocycles. The molecule has 2 aromatic heterocycles. The van der Waals surface area contributed by atoms with E-state index in [-0.39, 0.29) is 16.5 Å². The Balaban J connectivity index is 0.000000289. The van der Waals surface area contributed by atoms with Crippen molar-refractivity contribution in [2.75, 3.05) is 21.3 Å². The Hall–Kier alpha value is -4.38. The fourth-order valence-electron chi connectivity index (χ4n) is 4.47. The van der Waals surface area contributed by atoms with Crippen LogP contribution in [0.25, 0.3) is 11.1 Å². The highest BCUT2D eigenvalue weighted by atomic mass is 35.5. The molecule has 0 saturated carbocycles. The van der Waals surface area contributed by atoms with Gasteiger partial charge in [-0.2, -0.15) is 21.6 Å². The highest BCUT2D eigenvalue weighted by Gasteiger charge is 2.49. The molecule has 0 aliphatic rings. The molecule has 17 heteroatoms. The molecule has 0 bridgehead atoms. The van der Waals surface area contributed by atoms with Crippen LogP contribution in [0.1, 0.15) is 68.6 Å². The average Bonchev–Trinajstić information content (AvgIpc) is 3.10. The van der Waals surface area contributed by atoms with E-state index in [1.165, 1.54) is 36.6 Å². The predicted octanol–water partition coefficient (Wildman–Crippen LogP) is 6.56. The maximum Gasteiger partial charge on any atom is 0.534 e. The number of methoxy groups -OCH3 is 3. The van der Waals surface area contributed by atoms with Crippen molar-refractivity contribution < 1.29 is 54.8 Å². The zero-order valence-corrected chi connectivity index (χ0v) is 32.4. The van der Waals surface area contributed by atoms with Gasteiger partial charge in [-0.25, -0.2) is 14.8 Å². The molecule has 4 aromatic rings. The Labute approximate surface area is 313 Å². The Kier molecular flexibility index (Phi) is 15.7. The lowest BCUT2D eigenvalue weighted by molar-refractivity contribution is -0.0500. The molecule has 2 N–H and O–H groups in total. The lowest BCUT2D eigenvalue weighted by Crippen LogP contribution is -2.29. The van der Waals surface area contributed by atoms with E-state index in [0.717, 1.165) is 30.4 Å². The fraction of sp³-hybridized carbons (Fsp3) is 0.361. The number of benzene rings is 2. The van der Waals surface area contributed by atoms with E-state index in [0.29, 0.717) is 23.1 Å². The van der Waals surface area contributed by atoms with E-state index in [2.05, 4.69) is 57.9 Å². The summed E-state index contributed by atoms with van der Waals surface area (Å²) in [5.74, 6) is 0.426. The molecule has 0 atom stereocenters. The maximum absolute atomic E-state index is 12.4. The van der Waals surface area contributed by atoms with Gasteiger partial charge in [0.15, 0.2) is 0 Å². The standard InChI is InChI=1S/C17H20ClNO.C13H15F3O5S.C6H8BNO3/c1-17(2,3)15-9-12(10-18)5-7-14(15)13-6-8-16(20-4)19-11-13;1-12(2,3)9-7-8(11(17)20-4)5-6-10(9)21-22(18,19)13(14,15)16;1-11-6-3-2-5(4-8-6)7(9)10/h5-9,11H,10H2,1-4H3;5-7H,1-4H3;2-4,9-10H,1H3. The number of halogens is 4. The molecule has 0 unspecified atom stereocenters. The number of hydrogen-bond donors (Lipinski definition) is 2. The maximum atomic E-state index is 12.4. The molecule has 0 spiro atoms. The summed E-state index contributed by atoms with van der Waals surface area (Å²) in [6.07, 6.45) is 3.20. The first-order valence-corrected chi connectivity index (χ1v) is 17.7. The summed E-state index contributed by atoms with van der Waals surface area (Å²) < 4.78 is 78.1. The van der Waals surface area contributed by atoms with Crippen LogP contribution in [-0.2, 0) is 31.6 Å². The van der Waals surface area contributed by atoms with Crippen molar-refractivity contribution in [1.82, 2.24) is 9.97 Å². The number of carbonyl (C=O) groups is 1. The third-order valence-electron chi connectivity index (χ3n) is 7.26. The summed E-state index contributed by atoms with van der Waals surface area (Å²) >= 11 is 5.96. The van der Waals surface area contributed by atoms with Crippen molar-refractivity contribution in [3.8, 4) is 28.6 Å². The van der Waals surface area contributed by atoms with E-state index in [1.54, 1.807) is 33.9 Å². The molecule has 4 rings (SSSR count). The molecule has 2 aromatic carbocycles. The van der Waals surface area contributed by atoms with Crippen LogP contribution >= 0.6 is 11.6 Å². The van der Waals surface area contributed by atoms with Crippen molar-refractivity contribution in [1.29, 1.82) is 0 Å². The summed E-state index contributed by atoms with van der Waals surface area (Å²) in [4.78, 5) is 19.6. The highest BCUT2D eigenvalue weighted by molar-refractivity contribution is 7.88. The van der Waals surface area contributed by atoms with Gasteiger partial charge < -0.3 is 28.4 Å². The van der Waals surface area contributed by atoms with Gasteiger partial charge in [0.1, 0.15) is 5.75 Å². The minimum Gasteiger partial charge on any atom is -0.481 e. The van der Waals surface area contributed by atoms with Crippen molar-refractivity contribution >= 4 is 40.3 Å². The fourth-order valence-corrected chi connectivity index (χ4v) is 5.11. The molecule has 0 fully saturated rings. The molecular formula is C36H43BClF3N2O9S. The summed E-state index contributed by atoms with van der Waals surface area (Å²) in [7, 11) is -2.98. The zero-order chi connectivity index (χ0) is 40.4. The summed E-state index contributed by atoms with van der Waals surface area (Å²) in [5, 5.41) is 17.3. The summed E-state index contributed by atoms with van der Waals surface area (Å²) in [5.41, 5.74) is -0.984. The van der Waals surface area contributed by atoms with Crippen LogP contribution in [0.15, 0.2) is 73.1 Å². The molecule has 0 aliphatic heterocycles. The minimum absolute atomic E-state index is 0.0529. The van der Waals surface area contributed by atoms with Crippen LogP contribution in [0, 0.1) is 0 Å². The molecule has 11 nitrogen and oxygen atoms in total. The first kappa shape index (κ1) is 44.8. The van der Waals surface area contributed by atoms with Gasteiger partial charge in [0, 0.05) is 40.9 Å². The first-order chi connectivity index (χ1) is 24.5. The summed E-state index contributed by atoms with van der Waals surface area (Å²) in [6.45, 7) is 11.5. The third-order valence-corrected chi connectivity index (χ3v) is 8.54. The third kappa shape index (κ3) is 12.9. The SMILES string of the molecule is COC(=O)c1ccc(OS(=O)(=O)C(F)(F)F)c(C(C)(C)C)c1.COc1ccc(-c2ccc(CCl)cc2C(C)(C)C)cn1.COc1ccc(B(O)O)cn1. The lowest BCUT2D eigenvalue weighted by atomic mass is 9.81. The van der Waals surface area contributed by atoms with Crippen LogP contribution in [0.4, 0.5) is 13.2 Å². The number of carbonyl (C=O) groups excluding carboxylic acids is 1. The number of pyridine rings is 2. The molecule has 0 radical (unpaired) electrons. The van der Waals surface area contributed by atoms with Crippen LogP contribution in [0.2, 0.25) is 0 Å². The molecule has 0 amide bonds. The van der Waals surface area contributed by atoms with Crippen LogP contribution in [0.3, 0.4) is 0 Å². The van der Waals surface area contributed by atoms with Crippen LogP contribution < -0.4 is 19.1 Å². The van der Waals surface area contributed by atoms with E-state index in [1.807, 2.05) is 18.3 Å². The Morgan fingerprint density at radius 2 is 1.36 bits per heavy atom. The molecule has 0 saturated heterocycles. The molecule has 288 valence electrons. The second kappa shape index (κ2) is 18.6. The molecule has 0 aliphatic carbocycles.